The first kappa shape index (κ1) is 41.4. The van der Waals surface area contributed by atoms with E-state index in [9.17, 15) is 20.2 Å². The molecule has 0 radical (unpaired) electrons. The molecule has 304 valence electrons. The van der Waals surface area contributed by atoms with Crippen LogP contribution in [0.1, 0.15) is 57.8 Å². The zero-order valence-electron chi connectivity index (χ0n) is 32.3. The molecule has 0 spiro atoms. The van der Waals surface area contributed by atoms with Crippen molar-refractivity contribution in [3.05, 3.63) is 80.0 Å². The van der Waals surface area contributed by atoms with Gasteiger partial charge in [-0.2, -0.15) is 0 Å². The smallest absolute Gasteiger partial charge is 0.365 e. The van der Waals surface area contributed by atoms with E-state index in [0.29, 0.717) is 11.9 Å². The summed E-state index contributed by atoms with van der Waals surface area (Å²) in [6, 6.07) is 17.3. The van der Waals surface area contributed by atoms with Crippen LogP contribution in [0.2, 0.25) is 5.15 Å². The van der Waals surface area contributed by atoms with Gasteiger partial charge in [-0.15, -0.1) is 0 Å². The number of pyridine rings is 3. The highest BCUT2D eigenvalue weighted by molar-refractivity contribution is 6.29. The van der Waals surface area contributed by atoms with Crippen LogP contribution in [0.4, 0.5) is 29.1 Å². The maximum Gasteiger partial charge on any atom is 0.365 e. The molecule has 0 amide bonds. The lowest BCUT2D eigenvalue weighted by Gasteiger charge is -2.24. The van der Waals surface area contributed by atoms with Crippen LogP contribution in [0, 0.1) is 20.2 Å². The fraction of sp³-hybridized carbons (Fsp3) is 0.615. The van der Waals surface area contributed by atoms with Crippen LogP contribution < -0.4 is 20.9 Å². The highest BCUT2D eigenvalue weighted by Crippen LogP contribution is 2.26. The highest BCUT2D eigenvalue weighted by Gasteiger charge is 2.32. The van der Waals surface area contributed by atoms with Crippen LogP contribution >= 0.6 is 11.6 Å². The number of nitrogen functional groups attached to an aromatic ring is 1. The summed E-state index contributed by atoms with van der Waals surface area (Å²) in [6.45, 7) is 14.2. The molecule has 3 unspecified atom stereocenters. The van der Waals surface area contributed by atoms with Crippen molar-refractivity contribution in [1.29, 1.82) is 0 Å². The monoisotopic (exact) mass is 792 g/mol. The molecule has 3 aromatic rings. The molecule has 0 bridgehead atoms. The van der Waals surface area contributed by atoms with Crippen molar-refractivity contribution in [3.8, 4) is 0 Å². The Morgan fingerprint density at radius 3 is 1.52 bits per heavy atom. The second kappa shape index (κ2) is 20.8. The number of nitro groups is 2. The molecule has 56 heavy (non-hydrogen) atoms. The standard InChI is InChI=1S/C13H18N4O2.C13H20N4.C8H16N2.C5H3ClN2O2/c18-17(19)13-5-3-4-12(14-13)16-9-6-11(10-16)15-7-1-2-8-15;14-12-4-3-5-13(15-12)17-9-6-11(10-17)16-7-1-2-8-16;1-2-6-10(5-1)8-3-4-9-7-8;6-4-2-1-3-5(7-4)8(9)10/h3-5,11H,1-2,6-10H2;3-5,11H,1-2,6-10H2,(H2,14,15);8-9H,1-7H2;1-3H. The lowest BCUT2D eigenvalue weighted by atomic mass is 10.2. The minimum Gasteiger partial charge on any atom is -0.384 e. The lowest BCUT2D eigenvalue weighted by Crippen LogP contribution is -2.35. The molecule has 9 rings (SSSR count). The Balaban J connectivity index is 0.000000132. The predicted octanol–water partition coefficient (Wildman–Crippen LogP) is 5.09. The zero-order valence-corrected chi connectivity index (χ0v) is 33.1. The van der Waals surface area contributed by atoms with Crippen LogP contribution in [0.5, 0.6) is 0 Å². The van der Waals surface area contributed by atoms with Crippen molar-refractivity contribution >= 4 is 40.7 Å². The summed E-state index contributed by atoms with van der Waals surface area (Å²) in [4.78, 5) is 44.1. The Kier molecular flexibility index (Phi) is 15.4. The number of anilines is 3. The summed E-state index contributed by atoms with van der Waals surface area (Å²) in [6.07, 6.45) is 11.9. The number of nitrogens with two attached hydrogens (primary N) is 1. The van der Waals surface area contributed by atoms with E-state index in [-0.39, 0.29) is 16.8 Å². The molecule has 3 atom stereocenters. The summed E-state index contributed by atoms with van der Waals surface area (Å²) >= 11 is 5.37. The maximum atomic E-state index is 10.8. The average Bonchev–Trinajstić information content (AvgIpc) is 4.06. The van der Waals surface area contributed by atoms with Crippen molar-refractivity contribution in [2.24, 2.45) is 0 Å². The molecule has 6 aliphatic rings. The summed E-state index contributed by atoms with van der Waals surface area (Å²) in [5.74, 6) is 2.09. The van der Waals surface area contributed by atoms with E-state index in [2.05, 4.69) is 50.8 Å². The quantitative estimate of drug-likeness (QED) is 0.184. The Morgan fingerprint density at radius 1 is 0.607 bits per heavy atom. The van der Waals surface area contributed by atoms with Gasteiger partial charge in [0.05, 0.1) is 0 Å². The van der Waals surface area contributed by atoms with Crippen LogP contribution in [-0.2, 0) is 0 Å². The van der Waals surface area contributed by atoms with Crippen LogP contribution in [-0.4, -0.2) is 136 Å². The fourth-order valence-electron chi connectivity index (χ4n) is 8.57. The van der Waals surface area contributed by atoms with Crippen molar-refractivity contribution < 1.29 is 9.85 Å². The second-order valence-electron chi connectivity index (χ2n) is 15.3. The number of likely N-dealkylation sites (tertiary alicyclic amines) is 3. The molecule has 6 saturated heterocycles. The first-order valence-electron chi connectivity index (χ1n) is 20.3. The lowest BCUT2D eigenvalue weighted by molar-refractivity contribution is -0.389. The average molecular weight is 793 g/mol. The van der Waals surface area contributed by atoms with Crippen molar-refractivity contribution in [1.82, 2.24) is 35.0 Å². The first-order valence-corrected chi connectivity index (χ1v) is 20.6. The zero-order chi connectivity index (χ0) is 39.3. The van der Waals surface area contributed by atoms with Gasteiger partial charge in [0, 0.05) is 75.1 Å². The van der Waals surface area contributed by atoms with Gasteiger partial charge in [-0.1, -0.05) is 6.07 Å². The molecule has 16 nitrogen and oxygen atoms in total. The van der Waals surface area contributed by atoms with E-state index >= 15 is 0 Å². The number of aromatic nitrogens is 3. The number of rotatable bonds is 7. The Bertz CT molecular complexity index is 1690. The van der Waals surface area contributed by atoms with E-state index in [1.54, 1.807) is 6.07 Å². The summed E-state index contributed by atoms with van der Waals surface area (Å²) in [5.41, 5.74) is 5.73. The van der Waals surface area contributed by atoms with Crippen LogP contribution in [0.25, 0.3) is 0 Å². The van der Waals surface area contributed by atoms with Gasteiger partial charge in [0.2, 0.25) is 11.0 Å². The molecule has 0 aromatic carbocycles. The van der Waals surface area contributed by atoms with E-state index in [0.717, 1.165) is 56.3 Å². The van der Waals surface area contributed by atoms with Gasteiger partial charge in [0.1, 0.15) is 11.6 Å². The number of nitrogens with zero attached hydrogens (tertiary/aromatic N) is 10. The second-order valence-corrected chi connectivity index (χ2v) is 15.6. The minimum absolute atomic E-state index is 0.0675. The molecule has 3 N–H and O–H groups in total. The molecule has 0 saturated carbocycles. The van der Waals surface area contributed by atoms with Crippen molar-refractivity contribution in [2.45, 2.75) is 75.9 Å². The van der Waals surface area contributed by atoms with Crippen LogP contribution in [0.15, 0.2) is 54.6 Å². The van der Waals surface area contributed by atoms with Gasteiger partial charge in [-0.25, -0.2) is 4.98 Å². The largest absolute Gasteiger partial charge is 0.384 e. The topological polar surface area (TPSA) is 179 Å². The predicted molar refractivity (Wildman–Crippen MR) is 220 cm³/mol. The normalized spacial score (nSPS) is 23.9. The third kappa shape index (κ3) is 11.9. The molecule has 6 aliphatic heterocycles. The van der Waals surface area contributed by atoms with Gasteiger partial charge < -0.3 is 41.1 Å². The molecular formula is C39H57ClN12O4. The highest BCUT2D eigenvalue weighted by atomic mass is 35.5. The fourth-order valence-corrected chi connectivity index (χ4v) is 8.73. The van der Waals surface area contributed by atoms with Gasteiger partial charge in [0.25, 0.3) is 0 Å². The SMILES string of the molecule is C1CCN(C2CCNC2)C1.Nc1cccc(N2CCC(N3CCCC3)C2)n1.O=[N+]([O-])c1cccc(Cl)n1.O=[N+]([O-])c1cccc(N2CCC(N3CCCC3)C2)n1. The number of hydrogen-bond donors (Lipinski definition) is 2. The third-order valence-corrected chi connectivity index (χ3v) is 11.7. The minimum atomic E-state index is -0.591. The van der Waals surface area contributed by atoms with E-state index < -0.39 is 9.85 Å². The molecule has 17 heteroatoms. The molecular weight excluding hydrogens is 736 g/mol. The molecule has 0 aliphatic carbocycles. The maximum absolute atomic E-state index is 10.8. The van der Waals surface area contributed by atoms with Crippen LogP contribution in [0.3, 0.4) is 0 Å². The Morgan fingerprint density at radius 2 is 1.07 bits per heavy atom. The van der Waals surface area contributed by atoms with E-state index in [1.165, 1.54) is 128 Å². The van der Waals surface area contributed by atoms with Crippen molar-refractivity contribution in [3.63, 3.8) is 0 Å². The molecule has 6 fully saturated rings. The van der Waals surface area contributed by atoms with E-state index in [4.69, 9.17) is 17.3 Å². The van der Waals surface area contributed by atoms with E-state index in [1.807, 2.05) is 18.2 Å². The first-order chi connectivity index (χ1) is 27.2. The Labute approximate surface area is 334 Å². The summed E-state index contributed by atoms with van der Waals surface area (Å²) in [5, 5.41) is 24.3. The van der Waals surface area contributed by atoms with Gasteiger partial charge >= 0.3 is 11.6 Å². The molecule has 9 heterocycles. The third-order valence-electron chi connectivity index (χ3n) is 11.5. The molecule has 3 aromatic heterocycles. The van der Waals surface area contributed by atoms with Crippen molar-refractivity contribution in [2.75, 3.05) is 94.1 Å². The van der Waals surface area contributed by atoms with Gasteiger partial charge in [-0.3, -0.25) is 14.7 Å². The number of nitrogens with one attached hydrogen (secondary N) is 1. The summed E-state index contributed by atoms with van der Waals surface area (Å²) < 4.78 is 0. The number of hydrogen-bond acceptors (Lipinski definition) is 14. The van der Waals surface area contributed by atoms with Gasteiger partial charge in [-0.05, 0) is 159 Å². The number of halogens is 1. The van der Waals surface area contributed by atoms with Gasteiger partial charge in [0.15, 0.2) is 0 Å². The Hall–Kier alpha value is -4.22. The summed E-state index contributed by atoms with van der Waals surface area (Å²) in [7, 11) is 0.